The highest BCUT2D eigenvalue weighted by atomic mass is 35.5. The summed E-state index contributed by atoms with van der Waals surface area (Å²) in [5, 5.41) is 0.912. The van der Waals surface area contributed by atoms with Crippen LogP contribution in [0.2, 0.25) is 5.02 Å². The van der Waals surface area contributed by atoms with Crippen LogP contribution >= 0.6 is 42.1 Å². The maximum atomic E-state index is 12.3. The van der Waals surface area contributed by atoms with Gasteiger partial charge in [0.15, 0.2) is 0 Å². The summed E-state index contributed by atoms with van der Waals surface area (Å²) in [5.74, 6) is 0.755. The van der Waals surface area contributed by atoms with E-state index < -0.39 is 23.9 Å². The standard InChI is InChI=1S/C12H14Cl2NO6PS2/c1-7-9-4-8(21-3-2-13)5-10(14)11(9)23-12(7)24(19,20)15-6-22(16,17)18/h4-5,15H,2-3,6H2,1H3,(H2,16,17,18). The van der Waals surface area contributed by atoms with E-state index in [1.54, 1.807) is 19.1 Å². The Hall–Kier alpha value is -0.380. The zero-order chi connectivity index (χ0) is 18.1. The summed E-state index contributed by atoms with van der Waals surface area (Å²) in [4.78, 5) is 17.7. The second-order valence-electron chi connectivity index (χ2n) is 4.80. The third-order valence-corrected chi connectivity index (χ3v) is 7.68. The average Bonchev–Trinajstić information content (AvgIpc) is 2.81. The first-order valence-electron chi connectivity index (χ1n) is 6.51. The van der Waals surface area contributed by atoms with Crippen molar-refractivity contribution < 1.29 is 27.5 Å². The molecule has 24 heavy (non-hydrogen) atoms. The summed E-state index contributed by atoms with van der Waals surface area (Å²) in [6.45, 7) is 1.87. The van der Waals surface area contributed by atoms with E-state index in [0.29, 0.717) is 32.3 Å². The summed E-state index contributed by atoms with van der Waals surface area (Å²) in [5.41, 5.74) is 0.423. The number of ether oxygens (including phenoxy) is 1. The number of alkyl halides is 1. The summed E-state index contributed by atoms with van der Waals surface area (Å²) in [6.07, 6.45) is -0.971. The van der Waals surface area contributed by atoms with E-state index in [0.717, 1.165) is 11.3 Å². The third kappa shape index (κ3) is 4.62. The van der Waals surface area contributed by atoms with Crippen molar-refractivity contribution in [1.82, 2.24) is 4.72 Å². The molecular weight excluding hydrogens is 420 g/mol. The molecule has 0 aliphatic heterocycles. The van der Waals surface area contributed by atoms with Crippen molar-refractivity contribution in [3.05, 3.63) is 22.7 Å². The normalized spacial score (nSPS) is 12.7. The van der Waals surface area contributed by atoms with E-state index in [2.05, 4.69) is 0 Å². The molecule has 0 unspecified atom stereocenters. The van der Waals surface area contributed by atoms with Gasteiger partial charge in [0.2, 0.25) is 0 Å². The molecule has 134 valence electrons. The lowest BCUT2D eigenvalue weighted by Crippen LogP contribution is -2.24. The molecule has 0 saturated heterocycles. The third-order valence-electron chi connectivity index (χ3n) is 2.97. The van der Waals surface area contributed by atoms with Crippen molar-refractivity contribution in [2.24, 2.45) is 0 Å². The summed E-state index contributed by atoms with van der Waals surface area (Å²) < 4.78 is 43.3. The Balaban J connectivity index is 2.47. The van der Waals surface area contributed by atoms with Gasteiger partial charge in [0.25, 0.3) is 10.0 Å². The number of sulfonamides is 1. The molecule has 2 rings (SSSR count). The molecule has 12 heteroatoms. The SMILES string of the molecule is Cc1c(S(=O)(=O)NCP(=O)(O)O)sc2c(Cl)cc(OCCCl)cc12. The van der Waals surface area contributed by atoms with Gasteiger partial charge in [-0.1, -0.05) is 11.6 Å². The van der Waals surface area contributed by atoms with Crippen LogP contribution < -0.4 is 9.46 Å². The van der Waals surface area contributed by atoms with Crippen molar-refractivity contribution in [2.75, 3.05) is 18.8 Å². The molecule has 0 saturated carbocycles. The quantitative estimate of drug-likeness (QED) is 0.456. The number of aryl methyl sites for hydroxylation is 1. The van der Waals surface area contributed by atoms with Crippen molar-refractivity contribution >= 4 is 62.2 Å². The van der Waals surface area contributed by atoms with Crippen LogP contribution in [0.25, 0.3) is 10.1 Å². The van der Waals surface area contributed by atoms with E-state index in [1.165, 1.54) is 0 Å². The number of halogens is 2. The molecule has 7 nitrogen and oxygen atoms in total. The molecule has 2 aromatic rings. The largest absolute Gasteiger partial charge is 0.492 e. The first-order valence-corrected chi connectivity index (χ1v) is 11.5. The van der Waals surface area contributed by atoms with Gasteiger partial charge in [-0.2, -0.15) is 4.72 Å². The fourth-order valence-electron chi connectivity index (χ4n) is 1.96. The zero-order valence-corrected chi connectivity index (χ0v) is 16.4. The van der Waals surface area contributed by atoms with Crippen LogP contribution in [0.1, 0.15) is 5.56 Å². The van der Waals surface area contributed by atoms with Crippen molar-refractivity contribution in [3.63, 3.8) is 0 Å². The van der Waals surface area contributed by atoms with Gasteiger partial charge in [-0.15, -0.1) is 22.9 Å². The molecule has 0 bridgehead atoms. The van der Waals surface area contributed by atoms with Crippen LogP contribution in [-0.2, 0) is 14.6 Å². The minimum Gasteiger partial charge on any atom is -0.492 e. The van der Waals surface area contributed by atoms with Gasteiger partial charge in [0.1, 0.15) is 22.9 Å². The van der Waals surface area contributed by atoms with Crippen LogP contribution in [0.15, 0.2) is 16.3 Å². The lowest BCUT2D eigenvalue weighted by atomic mass is 10.2. The summed E-state index contributed by atoms with van der Waals surface area (Å²) in [7, 11) is -8.58. The highest BCUT2D eigenvalue weighted by Crippen LogP contribution is 2.41. The Morgan fingerprint density at radius 3 is 2.62 bits per heavy atom. The van der Waals surface area contributed by atoms with E-state index in [9.17, 15) is 13.0 Å². The fourth-order valence-corrected chi connectivity index (χ4v) is 6.15. The summed E-state index contributed by atoms with van der Waals surface area (Å²) in [6, 6.07) is 3.22. The van der Waals surface area contributed by atoms with E-state index in [1.807, 2.05) is 4.72 Å². The number of nitrogens with one attached hydrogen (secondary N) is 1. The molecule has 1 aromatic heterocycles. The maximum absolute atomic E-state index is 12.3. The topological polar surface area (TPSA) is 113 Å². The fraction of sp³-hybridized carbons (Fsp3) is 0.333. The van der Waals surface area contributed by atoms with E-state index >= 15 is 0 Å². The minimum absolute atomic E-state index is 0.0534. The number of benzene rings is 1. The predicted molar refractivity (Wildman–Crippen MR) is 95.0 cm³/mol. The molecule has 0 fully saturated rings. The molecular formula is C12H14Cl2NO6PS2. The molecule has 1 aromatic carbocycles. The number of hydrogen-bond acceptors (Lipinski definition) is 5. The van der Waals surface area contributed by atoms with Crippen LogP contribution in [0.5, 0.6) is 5.75 Å². The Bertz CT molecular complexity index is 908. The number of fused-ring (bicyclic) bond motifs is 1. The maximum Gasteiger partial charge on any atom is 0.340 e. The molecule has 0 spiro atoms. The van der Waals surface area contributed by atoms with Crippen molar-refractivity contribution in [2.45, 2.75) is 11.1 Å². The monoisotopic (exact) mass is 433 g/mol. The number of hydrogen-bond donors (Lipinski definition) is 3. The van der Waals surface area contributed by atoms with Gasteiger partial charge < -0.3 is 14.5 Å². The van der Waals surface area contributed by atoms with Crippen LogP contribution in [0.4, 0.5) is 0 Å². The first kappa shape index (κ1) is 19.9. The van der Waals surface area contributed by atoms with Crippen molar-refractivity contribution in [3.8, 4) is 5.75 Å². The number of thiophene rings is 1. The smallest absolute Gasteiger partial charge is 0.340 e. The Labute approximate surface area is 152 Å². The van der Waals surface area contributed by atoms with Gasteiger partial charge in [0.05, 0.1) is 15.6 Å². The van der Waals surface area contributed by atoms with Gasteiger partial charge in [-0.25, -0.2) is 8.42 Å². The van der Waals surface area contributed by atoms with E-state index in [4.69, 9.17) is 37.7 Å². The molecule has 0 aliphatic rings. The second-order valence-corrected chi connectivity index (χ2v) is 10.2. The molecule has 0 atom stereocenters. The highest BCUT2D eigenvalue weighted by molar-refractivity contribution is 7.92. The van der Waals surface area contributed by atoms with Crippen LogP contribution in [0.3, 0.4) is 0 Å². The van der Waals surface area contributed by atoms with E-state index in [-0.39, 0.29) is 10.8 Å². The molecule has 3 N–H and O–H groups in total. The molecule has 1 heterocycles. The van der Waals surface area contributed by atoms with Crippen molar-refractivity contribution in [1.29, 1.82) is 0 Å². The first-order chi connectivity index (χ1) is 11.0. The minimum atomic E-state index is -4.51. The van der Waals surface area contributed by atoms with Gasteiger partial charge in [0, 0.05) is 11.5 Å². The van der Waals surface area contributed by atoms with Crippen LogP contribution in [-0.4, -0.2) is 37.0 Å². The molecule has 0 aliphatic carbocycles. The summed E-state index contributed by atoms with van der Waals surface area (Å²) >= 11 is 12.7. The Morgan fingerprint density at radius 1 is 1.38 bits per heavy atom. The van der Waals surface area contributed by atoms with Gasteiger partial charge >= 0.3 is 7.60 Å². The second kappa shape index (κ2) is 7.47. The molecule has 0 radical (unpaired) electrons. The average molecular weight is 434 g/mol. The highest BCUT2D eigenvalue weighted by Gasteiger charge is 2.26. The lowest BCUT2D eigenvalue weighted by molar-refractivity contribution is 0.343. The molecule has 0 amide bonds. The lowest BCUT2D eigenvalue weighted by Gasteiger charge is -2.07. The van der Waals surface area contributed by atoms with Gasteiger partial charge in [-0.3, -0.25) is 4.57 Å². The Kier molecular flexibility index (Phi) is 6.21. The Morgan fingerprint density at radius 2 is 2.04 bits per heavy atom. The predicted octanol–water partition coefficient (Wildman–Crippen LogP) is 2.89. The number of rotatable bonds is 7. The zero-order valence-electron chi connectivity index (χ0n) is 12.3. The van der Waals surface area contributed by atoms with Gasteiger partial charge in [-0.05, 0) is 18.6 Å². The van der Waals surface area contributed by atoms with Crippen LogP contribution in [0, 0.1) is 6.92 Å².